The summed E-state index contributed by atoms with van der Waals surface area (Å²) in [7, 11) is -2.12. The molecule has 23 heavy (non-hydrogen) atoms. The molecule has 0 aromatic heterocycles. The first-order chi connectivity index (χ1) is 10.9. The van der Waals surface area contributed by atoms with Crippen LogP contribution in [0.3, 0.4) is 0 Å². The van der Waals surface area contributed by atoms with E-state index in [9.17, 15) is 17.2 Å². The van der Waals surface area contributed by atoms with Gasteiger partial charge in [0.05, 0.1) is 12.6 Å². The van der Waals surface area contributed by atoms with Gasteiger partial charge in [-0.2, -0.15) is 21.1 Å². The first-order valence-electron chi connectivity index (χ1n) is 7.28. The van der Waals surface area contributed by atoms with Crippen molar-refractivity contribution in [1.82, 2.24) is 9.37 Å². The molecule has 0 aliphatic carbocycles. The Morgan fingerprint density at radius 3 is 2.65 bits per heavy atom. The van der Waals surface area contributed by atoms with Crippen LogP contribution < -0.4 is 0 Å². The van der Waals surface area contributed by atoms with Crippen LogP contribution in [-0.2, 0) is 14.9 Å². The maximum atomic E-state index is 14.1. The summed E-state index contributed by atoms with van der Waals surface area (Å²) in [5, 5.41) is 0.352. The second-order valence-corrected chi connectivity index (χ2v) is 8.92. The van der Waals surface area contributed by atoms with Crippen LogP contribution in [0.15, 0.2) is 18.2 Å². The highest BCUT2D eigenvalue weighted by Crippen LogP contribution is 2.36. The molecule has 0 spiro atoms. The summed E-state index contributed by atoms with van der Waals surface area (Å²) in [6.45, 7) is 0.806. The van der Waals surface area contributed by atoms with Gasteiger partial charge >= 0.3 is 0 Å². The van der Waals surface area contributed by atoms with Crippen LogP contribution in [0.5, 0.6) is 0 Å². The Labute approximate surface area is 138 Å². The molecule has 2 saturated heterocycles. The Morgan fingerprint density at radius 1 is 1.26 bits per heavy atom. The maximum absolute atomic E-state index is 14.1. The highest BCUT2D eigenvalue weighted by molar-refractivity contribution is 7.99. The summed E-state index contributed by atoms with van der Waals surface area (Å²) in [6, 6.07) is 2.20. The van der Waals surface area contributed by atoms with Gasteiger partial charge in [0.15, 0.2) is 0 Å². The number of rotatable bonds is 3. The van der Waals surface area contributed by atoms with Crippen LogP contribution in [0, 0.1) is 11.6 Å². The van der Waals surface area contributed by atoms with E-state index in [1.54, 1.807) is 11.8 Å². The zero-order valence-corrected chi connectivity index (χ0v) is 14.2. The van der Waals surface area contributed by atoms with Gasteiger partial charge in [0.1, 0.15) is 16.9 Å². The van der Waals surface area contributed by atoms with E-state index < -0.39 is 32.9 Å². The molecule has 0 N–H and O–H groups in total. The Bertz CT molecular complexity index is 681. The van der Waals surface area contributed by atoms with E-state index in [-0.39, 0.29) is 12.2 Å². The summed E-state index contributed by atoms with van der Waals surface area (Å²) in [5.41, 5.74) is 0.00459. The molecular formula is C14H18F2N2O3S2. The predicted molar refractivity (Wildman–Crippen MR) is 84.4 cm³/mol. The number of hydrogen-bond acceptors (Lipinski definition) is 5. The van der Waals surface area contributed by atoms with Gasteiger partial charge in [0.25, 0.3) is 0 Å². The highest BCUT2D eigenvalue weighted by atomic mass is 32.2. The molecule has 3 rings (SSSR count). The summed E-state index contributed by atoms with van der Waals surface area (Å²) in [4.78, 5) is 5.34. The molecule has 0 amide bonds. The van der Waals surface area contributed by atoms with Crippen molar-refractivity contribution >= 4 is 21.8 Å². The third kappa shape index (κ3) is 3.25. The van der Waals surface area contributed by atoms with Gasteiger partial charge in [-0.25, -0.2) is 17.2 Å². The van der Waals surface area contributed by atoms with Crippen LogP contribution in [-0.4, -0.2) is 61.3 Å². The molecule has 2 aliphatic rings. The Balaban J connectivity index is 1.96. The minimum absolute atomic E-state index is 0.00459. The monoisotopic (exact) mass is 364 g/mol. The largest absolute Gasteiger partial charge is 0.297 e. The normalized spacial score (nSPS) is 27.4. The second kappa shape index (κ2) is 6.64. The maximum Gasteiger partial charge on any atom is 0.221 e. The number of benzene rings is 1. The van der Waals surface area contributed by atoms with E-state index >= 15 is 0 Å². The van der Waals surface area contributed by atoms with E-state index in [0.29, 0.717) is 13.1 Å². The lowest BCUT2D eigenvalue weighted by atomic mass is 10.0. The van der Waals surface area contributed by atoms with Gasteiger partial charge in [-0.3, -0.25) is 4.84 Å². The quantitative estimate of drug-likeness (QED) is 0.816. The summed E-state index contributed by atoms with van der Waals surface area (Å²) in [6.07, 6.45) is 0. The minimum Gasteiger partial charge on any atom is -0.297 e. The summed E-state index contributed by atoms with van der Waals surface area (Å²) in [5.74, 6) is 0.235. The van der Waals surface area contributed by atoms with Crippen molar-refractivity contribution in [2.75, 3.05) is 38.2 Å². The molecule has 0 bridgehead atoms. The van der Waals surface area contributed by atoms with Crippen LogP contribution >= 0.6 is 11.8 Å². The summed E-state index contributed by atoms with van der Waals surface area (Å²) < 4.78 is 54.9. The van der Waals surface area contributed by atoms with Crippen molar-refractivity contribution < 1.29 is 22.0 Å². The molecule has 9 heteroatoms. The fraction of sp³-hybridized carbons (Fsp3) is 0.571. The smallest absolute Gasteiger partial charge is 0.221 e. The van der Waals surface area contributed by atoms with Crippen LogP contribution in [0.4, 0.5) is 8.78 Å². The minimum atomic E-state index is -3.66. The molecule has 1 aromatic rings. The van der Waals surface area contributed by atoms with Crippen molar-refractivity contribution in [2.24, 2.45) is 0 Å². The first-order valence-corrected chi connectivity index (χ1v) is 9.94. The van der Waals surface area contributed by atoms with Gasteiger partial charge < -0.3 is 0 Å². The highest BCUT2D eigenvalue weighted by Gasteiger charge is 2.46. The van der Waals surface area contributed by atoms with E-state index in [2.05, 4.69) is 0 Å². The molecule has 2 atom stereocenters. The van der Waals surface area contributed by atoms with Crippen molar-refractivity contribution in [1.29, 1.82) is 0 Å². The molecule has 0 saturated carbocycles. The molecule has 2 heterocycles. The number of hydroxylamine groups is 2. The van der Waals surface area contributed by atoms with Crippen LogP contribution in [0.25, 0.3) is 0 Å². The average molecular weight is 364 g/mol. The van der Waals surface area contributed by atoms with Gasteiger partial charge in [-0.15, -0.1) is 0 Å². The number of sulfonamides is 1. The third-order valence-corrected chi connectivity index (χ3v) is 7.36. The lowest BCUT2D eigenvalue weighted by Crippen LogP contribution is -2.46. The van der Waals surface area contributed by atoms with Gasteiger partial charge in [0.2, 0.25) is 10.0 Å². The zero-order valence-electron chi connectivity index (χ0n) is 12.6. The van der Waals surface area contributed by atoms with E-state index in [1.807, 2.05) is 0 Å². The third-order valence-electron chi connectivity index (χ3n) is 4.18. The van der Waals surface area contributed by atoms with Gasteiger partial charge in [-0.05, 0) is 18.2 Å². The van der Waals surface area contributed by atoms with Crippen LogP contribution in [0.1, 0.15) is 11.6 Å². The number of halogens is 2. The van der Waals surface area contributed by atoms with E-state index in [0.717, 1.165) is 29.7 Å². The van der Waals surface area contributed by atoms with Gasteiger partial charge in [-0.1, -0.05) is 0 Å². The predicted octanol–water partition coefficient (Wildman–Crippen LogP) is 1.63. The topological polar surface area (TPSA) is 49.9 Å². The molecule has 128 valence electrons. The Hall–Kier alpha value is -0.740. The molecule has 2 unspecified atom stereocenters. The molecule has 1 aromatic carbocycles. The van der Waals surface area contributed by atoms with Crippen molar-refractivity contribution in [2.45, 2.75) is 11.3 Å². The molecule has 0 radical (unpaired) electrons. The van der Waals surface area contributed by atoms with Crippen molar-refractivity contribution in [3.8, 4) is 0 Å². The summed E-state index contributed by atoms with van der Waals surface area (Å²) >= 11 is 1.70. The second-order valence-electron chi connectivity index (χ2n) is 5.55. The SMILES string of the molecule is CN1OCC(S(=O)(=O)N2CCSCC2)C1c1cc(F)ccc1F. The van der Waals surface area contributed by atoms with Crippen molar-refractivity contribution in [3.63, 3.8) is 0 Å². The zero-order chi connectivity index (χ0) is 16.6. The fourth-order valence-electron chi connectivity index (χ4n) is 2.98. The average Bonchev–Trinajstić information content (AvgIpc) is 2.93. The number of nitrogens with zero attached hydrogens (tertiary/aromatic N) is 2. The van der Waals surface area contributed by atoms with E-state index in [1.165, 1.54) is 16.4 Å². The molecular weight excluding hydrogens is 346 g/mol. The lowest BCUT2D eigenvalue weighted by Gasteiger charge is -2.31. The Kier molecular flexibility index (Phi) is 4.93. The molecule has 2 fully saturated rings. The van der Waals surface area contributed by atoms with E-state index in [4.69, 9.17) is 4.84 Å². The standard InChI is InChI=1S/C14H18F2N2O3S2/c1-17-14(11-8-10(15)2-3-12(11)16)13(9-21-17)23(19,20)18-4-6-22-7-5-18/h2-3,8,13-14H,4-7,9H2,1H3. The lowest BCUT2D eigenvalue weighted by molar-refractivity contribution is -0.111. The number of thioether (sulfide) groups is 1. The number of hydrogen-bond donors (Lipinski definition) is 0. The Morgan fingerprint density at radius 2 is 1.96 bits per heavy atom. The fourth-order valence-corrected chi connectivity index (χ4v) is 6.06. The molecule has 2 aliphatic heterocycles. The first kappa shape index (κ1) is 17.1. The van der Waals surface area contributed by atoms with Crippen molar-refractivity contribution in [3.05, 3.63) is 35.4 Å². The molecule has 5 nitrogen and oxygen atoms in total. The van der Waals surface area contributed by atoms with Crippen LogP contribution in [0.2, 0.25) is 0 Å². The van der Waals surface area contributed by atoms with Gasteiger partial charge in [0, 0.05) is 37.2 Å².